The van der Waals surface area contributed by atoms with Crippen LogP contribution in [0.4, 0.5) is 5.82 Å². The molecule has 2 N–H and O–H groups in total. The second-order valence-electron chi connectivity index (χ2n) is 9.60. The van der Waals surface area contributed by atoms with E-state index in [-0.39, 0.29) is 0 Å². The van der Waals surface area contributed by atoms with E-state index in [0.29, 0.717) is 29.0 Å². The molecule has 3 heterocycles. The van der Waals surface area contributed by atoms with Crippen molar-refractivity contribution in [1.82, 2.24) is 20.2 Å². The number of aromatic nitrogens is 4. The quantitative estimate of drug-likeness (QED) is 0.472. The number of carboxylic acid groups (broad SMARTS) is 1. The molecule has 2 aliphatic rings. The molecule has 1 aliphatic heterocycles. The Morgan fingerprint density at radius 3 is 2.44 bits per heavy atom. The van der Waals surface area contributed by atoms with Crippen LogP contribution in [-0.2, 0) is 4.79 Å². The van der Waals surface area contributed by atoms with Crippen LogP contribution in [0.25, 0.3) is 22.8 Å². The maximum atomic E-state index is 11.0. The summed E-state index contributed by atoms with van der Waals surface area (Å²) >= 11 is 6.28. The molecule has 8 heteroatoms. The molecule has 1 aromatic carbocycles. The number of H-pyrrole nitrogens is 1. The van der Waals surface area contributed by atoms with Crippen LogP contribution in [-0.4, -0.2) is 44.3 Å². The lowest BCUT2D eigenvalue weighted by atomic mass is 9.72. The molecule has 0 amide bonds. The van der Waals surface area contributed by atoms with E-state index in [0.717, 1.165) is 54.7 Å². The molecular weight excluding hydrogens is 450 g/mol. The van der Waals surface area contributed by atoms with Crippen LogP contribution in [0.5, 0.6) is 0 Å². The topological polar surface area (TPSA) is 95.0 Å². The Bertz CT molecular complexity index is 1120. The molecule has 0 bridgehead atoms. The number of aliphatic carboxylic acids is 1. The van der Waals surface area contributed by atoms with Gasteiger partial charge in [-0.1, -0.05) is 23.7 Å². The van der Waals surface area contributed by atoms with Gasteiger partial charge in [-0.15, -0.1) is 0 Å². The van der Waals surface area contributed by atoms with Crippen molar-refractivity contribution in [3.63, 3.8) is 0 Å². The molecule has 1 saturated carbocycles. The highest BCUT2D eigenvalue weighted by Gasteiger charge is 2.31. The molecule has 1 aliphatic carbocycles. The van der Waals surface area contributed by atoms with E-state index in [1.54, 1.807) is 0 Å². The van der Waals surface area contributed by atoms with E-state index in [1.165, 1.54) is 25.7 Å². The molecule has 0 unspecified atom stereocenters. The molecule has 34 heavy (non-hydrogen) atoms. The van der Waals surface area contributed by atoms with Gasteiger partial charge in [0.1, 0.15) is 5.82 Å². The van der Waals surface area contributed by atoms with Crippen molar-refractivity contribution in [3.05, 3.63) is 47.6 Å². The number of aromatic amines is 1. The number of rotatable bonds is 6. The number of hydrogen-bond donors (Lipinski definition) is 2. The van der Waals surface area contributed by atoms with Crippen LogP contribution in [0.1, 0.15) is 44.9 Å². The number of hydrogen-bond acceptors (Lipinski definition) is 5. The van der Waals surface area contributed by atoms with Crippen LogP contribution in [0, 0.1) is 17.8 Å². The predicted octanol–water partition coefficient (Wildman–Crippen LogP) is 5.68. The van der Waals surface area contributed by atoms with E-state index in [2.05, 4.69) is 26.1 Å². The highest BCUT2D eigenvalue weighted by Crippen LogP contribution is 2.39. The Balaban J connectivity index is 1.16. The largest absolute Gasteiger partial charge is 0.481 e. The lowest BCUT2D eigenvalue weighted by Gasteiger charge is -2.39. The Morgan fingerprint density at radius 1 is 1.03 bits per heavy atom. The first-order valence-electron chi connectivity index (χ1n) is 12.2. The predicted molar refractivity (Wildman–Crippen MR) is 133 cm³/mol. The van der Waals surface area contributed by atoms with Gasteiger partial charge in [0.05, 0.1) is 5.02 Å². The highest BCUT2D eigenvalue weighted by molar-refractivity contribution is 6.33. The molecule has 0 atom stereocenters. The fraction of sp³-hybridized carbons (Fsp3) is 0.462. The van der Waals surface area contributed by atoms with E-state index < -0.39 is 5.97 Å². The van der Waals surface area contributed by atoms with Crippen molar-refractivity contribution in [2.24, 2.45) is 17.8 Å². The molecule has 2 fully saturated rings. The summed E-state index contributed by atoms with van der Waals surface area (Å²) in [4.78, 5) is 22.6. The van der Waals surface area contributed by atoms with Crippen molar-refractivity contribution in [2.75, 3.05) is 18.0 Å². The maximum Gasteiger partial charge on any atom is 0.303 e. The molecule has 3 aromatic rings. The highest BCUT2D eigenvalue weighted by atomic mass is 35.5. The molecule has 5 rings (SSSR count). The first-order valence-corrected chi connectivity index (χ1v) is 12.5. The Morgan fingerprint density at radius 2 is 1.76 bits per heavy atom. The molecule has 0 radical (unpaired) electrons. The van der Waals surface area contributed by atoms with Crippen LogP contribution in [0.2, 0.25) is 5.02 Å². The molecule has 0 spiro atoms. The van der Waals surface area contributed by atoms with E-state index >= 15 is 0 Å². The monoisotopic (exact) mass is 479 g/mol. The van der Waals surface area contributed by atoms with Gasteiger partial charge in [-0.3, -0.25) is 9.89 Å². The Kier molecular flexibility index (Phi) is 6.81. The number of nitrogens with one attached hydrogen (secondary N) is 1. The van der Waals surface area contributed by atoms with Crippen molar-refractivity contribution < 1.29 is 9.90 Å². The first kappa shape index (κ1) is 22.8. The number of carbonyl (C=O) groups is 1. The minimum atomic E-state index is -0.653. The van der Waals surface area contributed by atoms with Gasteiger partial charge < -0.3 is 10.0 Å². The summed E-state index contributed by atoms with van der Waals surface area (Å²) in [5, 5.41) is 17.0. The summed E-state index contributed by atoms with van der Waals surface area (Å²) in [6.07, 6.45) is 9.04. The van der Waals surface area contributed by atoms with E-state index in [4.69, 9.17) is 21.7 Å². The summed E-state index contributed by atoms with van der Waals surface area (Å²) in [7, 11) is 0. The molecule has 7 nitrogen and oxygen atoms in total. The number of anilines is 1. The third-order valence-corrected chi connectivity index (χ3v) is 7.84. The summed E-state index contributed by atoms with van der Waals surface area (Å²) in [5.74, 6) is 3.46. The van der Waals surface area contributed by atoms with Crippen LogP contribution in [0.15, 0.2) is 42.6 Å². The summed E-state index contributed by atoms with van der Waals surface area (Å²) in [6.45, 7) is 2.03. The first-order chi connectivity index (χ1) is 16.6. The van der Waals surface area contributed by atoms with E-state index in [9.17, 15) is 4.79 Å². The number of benzene rings is 1. The van der Waals surface area contributed by atoms with Crippen molar-refractivity contribution in [1.29, 1.82) is 0 Å². The maximum absolute atomic E-state index is 11.0. The van der Waals surface area contributed by atoms with Crippen molar-refractivity contribution >= 4 is 23.4 Å². The lowest BCUT2D eigenvalue weighted by Crippen LogP contribution is -2.37. The number of halogens is 1. The summed E-state index contributed by atoms with van der Waals surface area (Å²) < 4.78 is 0. The average Bonchev–Trinajstić information content (AvgIpc) is 3.35. The lowest BCUT2D eigenvalue weighted by molar-refractivity contribution is -0.138. The third kappa shape index (κ3) is 5.09. The van der Waals surface area contributed by atoms with E-state index in [1.807, 2.05) is 36.5 Å². The molecule has 178 valence electrons. The van der Waals surface area contributed by atoms with Gasteiger partial charge in [0.15, 0.2) is 11.6 Å². The number of pyridine rings is 1. The average molecular weight is 480 g/mol. The fourth-order valence-electron chi connectivity index (χ4n) is 5.58. The molecule has 2 aromatic heterocycles. The van der Waals surface area contributed by atoms with Crippen molar-refractivity contribution in [2.45, 2.75) is 44.9 Å². The number of nitrogens with zero attached hydrogens (tertiary/aromatic N) is 4. The molecular formula is C26H30ClN5O2. The van der Waals surface area contributed by atoms with Gasteiger partial charge >= 0.3 is 5.97 Å². The van der Waals surface area contributed by atoms with Gasteiger partial charge in [-0.05, 0) is 80.5 Å². The van der Waals surface area contributed by atoms with Crippen LogP contribution in [0.3, 0.4) is 0 Å². The smallest absolute Gasteiger partial charge is 0.303 e. The van der Waals surface area contributed by atoms with Gasteiger partial charge in [0, 0.05) is 36.8 Å². The standard InChI is InChI=1S/C26H30ClN5O2/c27-22-4-2-1-3-21(22)26-29-25(30-31-26)20-9-10-23(28-16-20)32-13-11-19(12-14-32)18-7-5-17(6-8-18)15-24(33)34/h1-4,9-10,16-19H,5-8,11-15H2,(H,33,34)(H,29,30,31). The zero-order valence-electron chi connectivity index (χ0n) is 19.2. The van der Waals surface area contributed by atoms with Gasteiger partial charge in [-0.25, -0.2) is 9.97 Å². The number of piperidine rings is 1. The summed E-state index contributed by atoms with van der Waals surface area (Å²) in [6, 6.07) is 11.6. The molecule has 1 saturated heterocycles. The van der Waals surface area contributed by atoms with Gasteiger partial charge in [-0.2, -0.15) is 5.10 Å². The van der Waals surface area contributed by atoms with Crippen LogP contribution >= 0.6 is 11.6 Å². The minimum absolute atomic E-state index is 0.335. The fourth-order valence-corrected chi connectivity index (χ4v) is 5.81. The Labute approximate surface area is 204 Å². The SMILES string of the molecule is O=C(O)CC1CCC(C2CCN(c3ccc(-c4n[nH]c(-c5ccccc5Cl)n4)cn3)CC2)CC1. The zero-order chi connectivity index (χ0) is 23.5. The second kappa shape index (κ2) is 10.1. The second-order valence-corrected chi connectivity index (χ2v) is 10.0. The third-order valence-electron chi connectivity index (χ3n) is 7.51. The van der Waals surface area contributed by atoms with Crippen LogP contribution < -0.4 is 4.90 Å². The number of carboxylic acids is 1. The van der Waals surface area contributed by atoms with Gasteiger partial charge in [0.25, 0.3) is 0 Å². The normalized spacial score (nSPS) is 21.5. The van der Waals surface area contributed by atoms with Crippen molar-refractivity contribution in [3.8, 4) is 22.8 Å². The zero-order valence-corrected chi connectivity index (χ0v) is 19.9. The summed E-state index contributed by atoms with van der Waals surface area (Å²) in [5.41, 5.74) is 1.69. The van der Waals surface area contributed by atoms with Gasteiger partial charge in [0.2, 0.25) is 0 Å². The Hall–Kier alpha value is -2.93. The minimum Gasteiger partial charge on any atom is -0.481 e.